The highest BCUT2D eigenvalue weighted by Crippen LogP contribution is 2.42. The van der Waals surface area contributed by atoms with Crippen molar-refractivity contribution in [1.29, 1.82) is 0 Å². The maximum Gasteiger partial charge on any atom is 0.243 e. The van der Waals surface area contributed by atoms with Gasteiger partial charge in [-0.1, -0.05) is 52.0 Å². The van der Waals surface area contributed by atoms with Crippen molar-refractivity contribution in [1.82, 2.24) is 5.32 Å². The molecule has 23 heavy (non-hydrogen) atoms. The van der Waals surface area contributed by atoms with Gasteiger partial charge in [0.05, 0.1) is 0 Å². The summed E-state index contributed by atoms with van der Waals surface area (Å²) >= 11 is 0. The fourth-order valence-electron chi connectivity index (χ4n) is 4.81. The van der Waals surface area contributed by atoms with E-state index in [0.717, 1.165) is 24.3 Å². The van der Waals surface area contributed by atoms with Crippen LogP contribution in [0.5, 0.6) is 0 Å². The van der Waals surface area contributed by atoms with Crippen LogP contribution in [0.3, 0.4) is 0 Å². The highest BCUT2D eigenvalue weighted by molar-refractivity contribution is 5.86. The first-order valence-electron chi connectivity index (χ1n) is 10.1. The molecule has 0 unspecified atom stereocenters. The number of unbranched alkanes of at least 4 members (excludes halogenated alkanes) is 2. The van der Waals surface area contributed by atoms with Crippen molar-refractivity contribution in [2.75, 3.05) is 6.54 Å². The molecule has 1 N–H and O–H groups in total. The Labute approximate surface area is 143 Å². The van der Waals surface area contributed by atoms with Gasteiger partial charge in [-0.3, -0.25) is 4.79 Å². The second-order valence-corrected chi connectivity index (χ2v) is 8.01. The molecule has 0 aromatic rings. The fraction of sp³-hybridized carbons (Fsp3) is 0.857. The van der Waals surface area contributed by atoms with Crippen molar-refractivity contribution < 1.29 is 4.79 Å². The number of nitrogens with one attached hydrogen (secondary N) is 1. The zero-order valence-electron chi connectivity index (χ0n) is 15.2. The largest absolute Gasteiger partial charge is 0.352 e. The van der Waals surface area contributed by atoms with E-state index in [2.05, 4.69) is 18.8 Å². The number of hydrogen-bond acceptors (Lipinski definition) is 1. The van der Waals surface area contributed by atoms with E-state index in [1.165, 1.54) is 83.1 Å². The fourth-order valence-corrected chi connectivity index (χ4v) is 4.81. The maximum absolute atomic E-state index is 11.3. The summed E-state index contributed by atoms with van der Waals surface area (Å²) in [6.45, 7) is 6.67. The predicted molar refractivity (Wildman–Crippen MR) is 98.2 cm³/mol. The van der Waals surface area contributed by atoms with Crippen LogP contribution in [0.1, 0.15) is 84.0 Å². The van der Waals surface area contributed by atoms with Gasteiger partial charge in [-0.05, 0) is 68.3 Å². The van der Waals surface area contributed by atoms with Crippen LogP contribution in [0.25, 0.3) is 0 Å². The smallest absolute Gasteiger partial charge is 0.243 e. The van der Waals surface area contributed by atoms with Crippen molar-refractivity contribution in [2.45, 2.75) is 84.0 Å². The molecule has 0 spiro atoms. The second-order valence-electron chi connectivity index (χ2n) is 8.01. The van der Waals surface area contributed by atoms with Gasteiger partial charge in [-0.15, -0.1) is 0 Å². The van der Waals surface area contributed by atoms with Gasteiger partial charge in [0, 0.05) is 6.54 Å². The normalized spacial score (nSPS) is 31.5. The Balaban J connectivity index is 1.61. The van der Waals surface area contributed by atoms with Crippen LogP contribution in [0.4, 0.5) is 0 Å². The molecule has 0 bridgehead atoms. The Bertz CT molecular complexity index is 349. The Morgan fingerprint density at radius 1 is 0.957 bits per heavy atom. The van der Waals surface area contributed by atoms with E-state index < -0.39 is 0 Å². The third kappa shape index (κ3) is 6.31. The zero-order chi connectivity index (χ0) is 16.5. The minimum atomic E-state index is -0.0199. The van der Waals surface area contributed by atoms with Crippen molar-refractivity contribution >= 4 is 5.91 Å². The summed E-state index contributed by atoms with van der Waals surface area (Å²) < 4.78 is 0. The summed E-state index contributed by atoms with van der Waals surface area (Å²) in [4.78, 5) is 11.3. The third-order valence-electron chi connectivity index (χ3n) is 6.42. The Morgan fingerprint density at radius 2 is 1.52 bits per heavy atom. The van der Waals surface area contributed by atoms with Gasteiger partial charge in [0.2, 0.25) is 5.91 Å². The molecule has 2 aliphatic carbocycles. The van der Waals surface area contributed by atoms with Crippen LogP contribution in [0.2, 0.25) is 0 Å². The van der Waals surface area contributed by atoms with Crippen LogP contribution in [-0.2, 0) is 4.79 Å². The Hall–Kier alpha value is -0.790. The molecule has 132 valence electrons. The first-order valence-corrected chi connectivity index (χ1v) is 10.1. The van der Waals surface area contributed by atoms with Gasteiger partial charge in [-0.2, -0.15) is 0 Å². The number of amides is 1. The molecule has 0 radical (unpaired) electrons. The van der Waals surface area contributed by atoms with Crippen LogP contribution in [0.15, 0.2) is 12.7 Å². The van der Waals surface area contributed by atoms with Crippen molar-refractivity contribution in [2.24, 2.45) is 23.7 Å². The van der Waals surface area contributed by atoms with Crippen molar-refractivity contribution in [3.05, 3.63) is 12.7 Å². The lowest BCUT2D eigenvalue weighted by atomic mass is 9.68. The molecule has 0 aromatic carbocycles. The first-order chi connectivity index (χ1) is 11.2. The summed E-state index contributed by atoms with van der Waals surface area (Å²) in [5.41, 5.74) is 0. The third-order valence-corrected chi connectivity index (χ3v) is 6.42. The zero-order valence-corrected chi connectivity index (χ0v) is 15.2. The van der Waals surface area contributed by atoms with E-state index >= 15 is 0 Å². The summed E-state index contributed by atoms with van der Waals surface area (Å²) in [7, 11) is 0. The summed E-state index contributed by atoms with van der Waals surface area (Å²) in [6, 6.07) is 0. The highest BCUT2D eigenvalue weighted by atomic mass is 16.1. The molecular weight excluding hydrogens is 282 g/mol. The van der Waals surface area contributed by atoms with Gasteiger partial charge < -0.3 is 5.32 Å². The number of carbonyl (C=O) groups is 1. The highest BCUT2D eigenvalue weighted by Gasteiger charge is 2.30. The summed E-state index contributed by atoms with van der Waals surface area (Å²) in [5.74, 6) is 3.68. The lowest BCUT2D eigenvalue weighted by Gasteiger charge is -2.38. The summed E-state index contributed by atoms with van der Waals surface area (Å²) in [6.07, 6.45) is 18.4. The van der Waals surface area contributed by atoms with E-state index in [4.69, 9.17) is 0 Å². The summed E-state index contributed by atoms with van der Waals surface area (Å²) in [5, 5.41) is 2.97. The molecule has 2 saturated carbocycles. The average Bonchev–Trinajstić information content (AvgIpc) is 2.61. The molecule has 2 heteroatoms. The molecule has 2 nitrogen and oxygen atoms in total. The van der Waals surface area contributed by atoms with E-state index in [1.54, 1.807) is 0 Å². The van der Waals surface area contributed by atoms with E-state index in [-0.39, 0.29) is 5.91 Å². The SMILES string of the molecule is C=CC(=O)NCC1CCC(C2CCC(CCCCC)CC2)CC1. The average molecular weight is 320 g/mol. The van der Waals surface area contributed by atoms with E-state index in [0.29, 0.717) is 5.92 Å². The molecule has 2 fully saturated rings. The lowest BCUT2D eigenvalue weighted by molar-refractivity contribution is -0.116. The first kappa shape index (κ1) is 18.5. The van der Waals surface area contributed by atoms with Gasteiger partial charge >= 0.3 is 0 Å². The second kappa shape index (κ2) is 10.2. The van der Waals surface area contributed by atoms with Gasteiger partial charge in [0.15, 0.2) is 0 Å². The van der Waals surface area contributed by atoms with Crippen molar-refractivity contribution in [3.8, 4) is 0 Å². The monoisotopic (exact) mass is 319 g/mol. The van der Waals surface area contributed by atoms with Gasteiger partial charge in [0.1, 0.15) is 0 Å². The number of carbonyl (C=O) groups excluding carboxylic acids is 1. The van der Waals surface area contributed by atoms with Crippen LogP contribution in [0, 0.1) is 23.7 Å². The molecule has 0 aromatic heterocycles. The minimum Gasteiger partial charge on any atom is -0.352 e. The molecule has 0 heterocycles. The molecule has 0 aliphatic heterocycles. The molecule has 1 amide bonds. The Morgan fingerprint density at radius 3 is 2.04 bits per heavy atom. The van der Waals surface area contributed by atoms with Gasteiger partial charge in [-0.25, -0.2) is 0 Å². The molecule has 2 rings (SSSR count). The van der Waals surface area contributed by atoms with Crippen LogP contribution >= 0.6 is 0 Å². The van der Waals surface area contributed by atoms with E-state index in [9.17, 15) is 4.79 Å². The molecule has 0 atom stereocenters. The standard InChI is InChI=1S/C21H37NO/c1-3-5-6-7-17-8-12-19(13-9-17)20-14-10-18(11-15-20)16-22-21(23)4-2/h4,17-20H,2-3,5-16H2,1H3,(H,22,23). The minimum absolute atomic E-state index is 0.0199. The molecule has 0 saturated heterocycles. The quantitative estimate of drug-likeness (QED) is 0.465. The van der Waals surface area contributed by atoms with Crippen LogP contribution < -0.4 is 5.32 Å². The Kier molecular flexibility index (Phi) is 8.19. The maximum atomic E-state index is 11.3. The predicted octanol–water partition coefficient (Wildman–Crippen LogP) is 5.48. The number of hydrogen-bond donors (Lipinski definition) is 1. The number of rotatable bonds is 8. The lowest BCUT2D eigenvalue weighted by Crippen LogP contribution is -2.32. The molecular formula is C21H37NO. The van der Waals surface area contributed by atoms with Crippen LogP contribution in [-0.4, -0.2) is 12.5 Å². The van der Waals surface area contributed by atoms with Crippen molar-refractivity contribution in [3.63, 3.8) is 0 Å². The van der Waals surface area contributed by atoms with Gasteiger partial charge in [0.25, 0.3) is 0 Å². The molecule has 2 aliphatic rings. The topological polar surface area (TPSA) is 29.1 Å². The van der Waals surface area contributed by atoms with E-state index in [1.807, 2.05) is 0 Å².